The fourth-order valence-electron chi connectivity index (χ4n) is 5.67. The second-order valence-corrected chi connectivity index (χ2v) is 12.8. The lowest BCUT2D eigenvalue weighted by molar-refractivity contribution is -0.141. The van der Waals surface area contributed by atoms with Gasteiger partial charge in [-0.05, 0) is 61.9 Å². The van der Waals surface area contributed by atoms with E-state index in [1.165, 1.54) is 16.7 Å². The van der Waals surface area contributed by atoms with E-state index in [9.17, 15) is 24.0 Å². The van der Waals surface area contributed by atoms with Crippen LogP contribution in [-0.4, -0.2) is 106 Å². The lowest BCUT2D eigenvalue weighted by atomic mass is 10.00. The second-order valence-electron chi connectivity index (χ2n) is 12.8. The Morgan fingerprint density at radius 3 is 2.20 bits per heavy atom. The Balaban J connectivity index is 1.52. The molecule has 4 rings (SSSR count). The van der Waals surface area contributed by atoms with Crippen molar-refractivity contribution in [1.82, 2.24) is 40.7 Å². The van der Waals surface area contributed by atoms with E-state index < -0.39 is 29.9 Å². The van der Waals surface area contributed by atoms with Crippen LogP contribution in [0.3, 0.4) is 0 Å². The molecule has 0 unspecified atom stereocenters. The van der Waals surface area contributed by atoms with Crippen molar-refractivity contribution in [2.75, 3.05) is 33.8 Å². The lowest BCUT2D eigenvalue weighted by Gasteiger charge is -2.30. The van der Waals surface area contributed by atoms with Gasteiger partial charge in [0.2, 0.25) is 29.5 Å². The van der Waals surface area contributed by atoms with E-state index in [-0.39, 0.29) is 49.6 Å². The number of benzene rings is 2. The van der Waals surface area contributed by atoms with Gasteiger partial charge in [-0.15, -0.1) is 0 Å². The molecular formula is C35H48N8O6. The number of fused-ring (bicyclic) bond motifs is 1. The monoisotopic (exact) mass is 676 g/mol. The number of carbonyl (C=O) groups excluding carboxylic acids is 5. The van der Waals surface area contributed by atoms with E-state index >= 15 is 0 Å². The van der Waals surface area contributed by atoms with Crippen molar-refractivity contribution in [2.24, 2.45) is 5.92 Å². The van der Waals surface area contributed by atoms with Crippen LogP contribution in [0.4, 0.5) is 0 Å². The van der Waals surface area contributed by atoms with E-state index in [4.69, 9.17) is 4.74 Å². The minimum atomic E-state index is -0.993. The molecule has 2 aromatic carbocycles. The molecule has 0 radical (unpaired) electrons. The van der Waals surface area contributed by atoms with E-state index in [0.717, 1.165) is 5.56 Å². The molecule has 0 saturated carbocycles. The van der Waals surface area contributed by atoms with Gasteiger partial charge >= 0.3 is 0 Å². The van der Waals surface area contributed by atoms with Crippen molar-refractivity contribution in [3.8, 4) is 5.75 Å². The molecule has 49 heavy (non-hydrogen) atoms. The fourth-order valence-corrected chi connectivity index (χ4v) is 5.67. The number of hydrogen-bond acceptors (Lipinski definition) is 8. The van der Waals surface area contributed by atoms with Crippen molar-refractivity contribution >= 4 is 40.6 Å². The Kier molecular flexibility index (Phi) is 13.1. The van der Waals surface area contributed by atoms with Crippen LogP contribution in [0, 0.1) is 5.92 Å². The normalized spacial score (nSPS) is 20.7. The molecule has 0 spiro atoms. The number of nitrogens with zero attached hydrogens (tertiary/aromatic N) is 5. The van der Waals surface area contributed by atoms with Crippen LogP contribution < -0.4 is 20.7 Å². The molecule has 0 bridgehead atoms. The molecule has 3 N–H and O–H groups in total. The zero-order valence-corrected chi connectivity index (χ0v) is 29.0. The van der Waals surface area contributed by atoms with Crippen LogP contribution in [0.5, 0.6) is 5.75 Å². The first kappa shape index (κ1) is 36.8. The molecular weight excluding hydrogens is 628 g/mol. The number of aromatic nitrogens is 3. The third kappa shape index (κ3) is 10.5. The highest BCUT2D eigenvalue weighted by Crippen LogP contribution is 2.15. The van der Waals surface area contributed by atoms with Gasteiger partial charge in [0.15, 0.2) is 0 Å². The number of hydrogen-bond donors (Lipinski definition) is 3. The van der Waals surface area contributed by atoms with Gasteiger partial charge in [0.25, 0.3) is 0 Å². The Morgan fingerprint density at radius 1 is 0.918 bits per heavy atom. The van der Waals surface area contributed by atoms with Crippen LogP contribution in [0.15, 0.2) is 48.5 Å². The summed E-state index contributed by atoms with van der Waals surface area (Å²) < 4.78 is 5.25. The van der Waals surface area contributed by atoms with Crippen LogP contribution in [0.1, 0.15) is 52.0 Å². The summed E-state index contributed by atoms with van der Waals surface area (Å²) in [5.41, 5.74) is 2.14. The summed E-state index contributed by atoms with van der Waals surface area (Å²) in [5.74, 6) is -1.12. The maximum atomic E-state index is 13.8. The number of nitrogens with one attached hydrogen (secondary N) is 3. The molecule has 3 aromatic rings. The first-order valence-electron chi connectivity index (χ1n) is 16.8. The number of likely N-dealkylation sites (N-methyl/N-ethyl adjacent to an activating group) is 1. The molecule has 1 aliphatic heterocycles. The maximum absolute atomic E-state index is 13.8. The zero-order valence-electron chi connectivity index (χ0n) is 29.0. The SMILES string of the molecule is COc1ccc(C[C@@H]2NC(=O)[C@@H](CC(C)C)NC(=O)CCCN(C(=O)Cn3nc4ccccc4n3)CCCNC(=O)[C@H](C)N(C)C2=O)cc1. The van der Waals surface area contributed by atoms with E-state index in [1.807, 2.05) is 50.2 Å². The minimum absolute atomic E-state index is 0.0664. The van der Waals surface area contributed by atoms with Gasteiger partial charge in [-0.1, -0.05) is 38.1 Å². The van der Waals surface area contributed by atoms with Gasteiger partial charge in [0, 0.05) is 39.5 Å². The summed E-state index contributed by atoms with van der Waals surface area (Å²) in [4.78, 5) is 71.6. The molecule has 1 fully saturated rings. The first-order valence-corrected chi connectivity index (χ1v) is 16.8. The van der Waals surface area contributed by atoms with Crippen molar-refractivity contribution in [2.45, 2.75) is 77.5 Å². The van der Waals surface area contributed by atoms with E-state index in [2.05, 4.69) is 26.1 Å². The highest BCUT2D eigenvalue weighted by molar-refractivity contribution is 5.94. The molecule has 14 heteroatoms. The molecule has 0 aliphatic carbocycles. The molecule has 5 amide bonds. The smallest absolute Gasteiger partial charge is 0.246 e. The first-order chi connectivity index (χ1) is 23.4. The number of carbonyl (C=O) groups is 5. The zero-order chi connectivity index (χ0) is 35.5. The molecule has 1 aromatic heterocycles. The van der Waals surface area contributed by atoms with Gasteiger partial charge < -0.3 is 30.5 Å². The summed E-state index contributed by atoms with van der Waals surface area (Å²) in [5, 5.41) is 17.4. The highest BCUT2D eigenvalue weighted by Gasteiger charge is 2.32. The molecule has 1 aliphatic rings. The van der Waals surface area contributed by atoms with E-state index in [1.54, 1.807) is 31.1 Å². The molecule has 3 atom stereocenters. The highest BCUT2D eigenvalue weighted by atomic mass is 16.5. The van der Waals surface area contributed by atoms with Gasteiger partial charge in [-0.2, -0.15) is 15.0 Å². The van der Waals surface area contributed by atoms with Gasteiger partial charge in [-0.3, -0.25) is 24.0 Å². The lowest BCUT2D eigenvalue weighted by Crippen LogP contribution is -2.57. The molecule has 1 saturated heterocycles. The quantitative estimate of drug-likeness (QED) is 0.340. The summed E-state index contributed by atoms with van der Waals surface area (Å²) in [6, 6.07) is 11.8. The number of amides is 5. The maximum Gasteiger partial charge on any atom is 0.246 e. The van der Waals surface area contributed by atoms with Crippen molar-refractivity contribution < 1.29 is 28.7 Å². The van der Waals surface area contributed by atoms with E-state index in [0.29, 0.717) is 49.1 Å². The molecule has 14 nitrogen and oxygen atoms in total. The van der Waals surface area contributed by atoms with Crippen LogP contribution in [-0.2, 0) is 36.9 Å². The molecule has 2 heterocycles. The summed E-state index contributed by atoms with van der Waals surface area (Å²) in [7, 11) is 3.09. The number of methoxy groups -OCH3 is 1. The number of ether oxygens (including phenoxy) is 1. The topological polar surface area (TPSA) is 168 Å². The largest absolute Gasteiger partial charge is 0.497 e. The van der Waals surface area contributed by atoms with Crippen molar-refractivity contribution in [1.29, 1.82) is 0 Å². The second kappa shape index (κ2) is 17.4. The minimum Gasteiger partial charge on any atom is -0.497 e. The predicted molar refractivity (Wildman–Crippen MR) is 183 cm³/mol. The Labute approximate surface area is 286 Å². The summed E-state index contributed by atoms with van der Waals surface area (Å²) in [6.45, 7) is 6.32. The van der Waals surface area contributed by atoms with Gasteiger partial charge in [0.05, 0.1) is 7.11 Å². The van der Waals surface area contributed by atoms with Gasteiger partial charge in [0.1, 0.15) is 41.5 Å². The molecule has 264 valence electrons. The fraction of sp³-hybridized carbons (Fsp3) is 0.514. The average Bonchev–Trinajstić information content (AvgIpc) is 3.49. The standard InChI is InChI=1S/C35H48N8O6/c1-23(2)20-29-34(47)38-30(21-25-13-15-26(49-5)16-14-25)35(48)41(4)24(3)33(46)36-17-9-19-42(18-8-12-31(44)37-29)32(45)22-43-39-27-10-6-7-11-28(27)40-43/h6-7,10-11,13-16,23-24,29-30H,8-9,12,17-22H2,1-5H3,(H,36,46)(H,37,44)(H,38,47)/t24-,29+,30-/m0/s1. The van der Waals surface area contributed by atoms with Crippen LogP contribution >= 0.6 is 0 Å². The Hall–Kier alpha value is -5.01. The summed E-state index contributed by atoms with van der Waals surface area (Å²) in [6.07, 6.45) is 1.42. The third-order valence-electron chi connectivity index (χ3n) is 8.57. The van der Waals surface area contributed by atoms with Crippen LogP contribution in [0.2, 0.25) is 0 Å². The average molecular weight is 677 g/mol. The van der Waals surface area contributed by atoms with Crippen molar-refractivity contribution in [3.05, 3.63) is 54.1 Å². The summed E-state index contributed by atoms with van der Waals surface area (Å²) >= 11 is 0. The van der Waals surface area contributed by atoms with Crippen LogP contribution in [0.25, 0.3) is 11.0 Å². The van der Waals surface area contributed by atoms with Crippen molar-refractivity contribution in [3.63, 3.8) is 0 Å². The predicted octanol–water partition coefficient (Wildman–Crippen LogP) is 1.67. The number of rotatable bonds is 7. The Bertz CT molecular complexity index is 1570. The van der Waals surface area contributed by atoms with Gasteiger partial charge in [-0.25, -0.2) is 0 Å². The Morgan fingerprint density at radius 2 is 1.57 bits per heavy atom. The third-order valence-corrected chi connectivity index (χ3v) is 8.57.